The molecule has 0 heterocycles. The molecule has 0 amide bonds. The van der Waals surface area contributed by atoms with Crippen molar-refractivity contribution >= 4 is 0 Å². The Hall–Kier alpha value is -1.22. The van der Waals surface area contributed by atoms with Crippen molar-refractivity contribution in [2.75, 3.05) is 27.8 Å². The Morgan fingerprint density at radius 2 is 1.75 bits per heavy atom. The zero-order chi connectivity index (χ0) is 12.1. The maximum Gasteiger partial charge on any atom is 0.161 e. The highest BCUT2D eigenvalue weighted by Crippen LogP contribution is 2.33. The van der Waals surface area contributed by atoms with E-state index < -0.39 is 0 Å². The Balaban J connectivity index is 3.10. The Bertz CT molecular complexity index is 350. The average molecular weight is 223 g/mol. The van der Waals surface area contributed by atoms with E-state index >= 15 is 0 Å². The van der Waals surface area contributed by atoms with Gasteiger partial charge in [-0.2, -0.15) is 0 Å². The maximum atomic E-state index is 5.31. The van der Waals surface area contributed by atoms with Gasteiger partial charge in [-0.3, -0.25) is 0 Å². The van der Waals surface area contributed by atoms with Crippen molar-refractivity contribution in [1.82, 2.24) is 5.32 Å². The van der Waals surface area contributed by atoms with Crippen molar-refractivity contribution < 1.29 is 9.47 Å². The van der Waals surface area contributed by atoms with Crippen LogP contribution < -0.4 is 14.8 Å². The van der Waals surface area contributed by atoms with Gasteiger partial charge < -0.3 is 14.8 Å². The van der Waals surface area contributed by atoms with Crippen molar-refractivity contribution in [3.05, 3.63) is 23.3 Å². The molecule has 0 aromatic heterocycles. The minimum atomic E-state index is 0.463. The predicted octanol–water partition coefficient (Wildman–Crippen LogP) is 2.34. The van der Waals surface area contributed by atoms with E-state index in [0.29, 0.717) is 5.92 Å². The zero-order valence-electron chi connectivity index (χ0n) is 10.8. The monoisotopic (exact) mass is 223 g/mol. The standard InChI is InChI=1S/C13H21NO2/c1-9-6-12(15-4)13(16-5)7-11(9)10(2)8-14-3/h6-7,10,14H,8H2,1-5H3. The van der Waals surface area contributed by atoms with Crippen LogP contribution in [0.4, 0.5) is 0 Å². The molecule has 0 fully saturated rings. The summed E-state index contributed by atoms with van der Waals surface area (Å²) < 4.78 is 10.6. The zero-order valence-corrected chi connectivity index (χ0v) is 10.8. The molecule has 0 saturated heterocycles. The fraction of sp³-hybridized carbons (Fsp3) is 0.538. The molecule has 1 aromatic rings. The first-order valence-electron chi connectivity index (χ1n) is 5.51. The lowest BCUT2D eigenvalue weighted by atomic mass is 9.95. The largest absolute Gasteiger partial charge is 0.493 e. The van der Waals surface area contributed by atoms with Crippen LogP contribution in [0.3, 0.4) is 0 Å². The quantitative estimate of drug-likeness (QED) is 0.831. The normalized spacial score (nSPS) is 12.3. The summed E-state index contributed by atoms with van der Waals surface area (Å²) in [5, 5.41) is 3.19. The van der Waals surface area contributed by atoms with Gasteiger partial charge in [0, 0.05) is 6.54 Å². The third-order valence-corrected chi connectivity index (χ3v) is 2.81. The summed E-state index contributed by atoms with van der Waals surface area (Å²) in [6.45, 7) is 5.25. The number of nitrogens with one attached hydrogen (secondary N) is 1. The Labute approximate surface area is 97.8 Å². The number of methoxy groups -OCH3 is 2. The van der Waals surface area contributed by atoms with Gasteiger partial charge in [0.2, 0.25) is 0 Å². The van der Waals surface area contributed by atoms with Gasteiger partial charge in [-0.1, -0.05) is 6.92 Å². The summed E-state index contributed by atoms with van der Waals surface area (Å²) in [4.78, 5) is 0. The molecule has 1 atom stereocenters. The van der Waals surface area contributed by atoms with Crippen LogP contribution in [0, 0.1) is 6.92 Å². The summed E-state index contributed by atoms with van der Waals surface area (Å²) in [7, 11) is 5.29. The molecule has 0 bridgehead atoms. The van der Waals surface area contributed by atoms with Gasteiger partial charge in [-0.25, -0.2) is 0 Å². The smallest absolute Gasteiger partial charge is 0.161 e. The molecule has 16 heavy (non-hydrogen) atoms. The molecule has 0 radical (unpaired) electrons. The summed E-state index contributed by atoms with van der Waals surface area (Å²) in [6, 6.07) is 4.09. The van der Waals surface area contributed by atoms with Crippen molar-refractivity contribution in [3.63, 3.8) is 0 Å². The van der Waals surface area contributed by atoms with E-state index in [1.165, 1.54) is 11.1 Å². The van der Waals surface area contributed by atoms with Crippen LogP contribution in [0.5, 0.6) is 11.5 Å². The van der Waals surface area contributed by atoms with E-state index in [-0.39, 0.29) is 0 Å². The molecule has 3 nitrogen and oxygen atoms in total. The van der Waals surface area contributed by atoms with Crippen LogP contribution in [0.25, 0.3) is 0 Å². The first kappa shape index (κ1) is 12.8. The summed E-state index contributed by atoms with van der Waals surface area (Å²) in [5.74, 6) is 2.05. The van der Waals surface area contributed by atoms with Crippen LogP contribution in [0.1, 0.15) is 24.0 Å². The number of benzene rings is 1. The Morgan fingerprint density at radius 3 is 2.25 bits per heavy atom. The lowest BCUT2D eigenvalue weighted by molar-refractivity contribution is 0.354. The minimum Gasteiger partial charge on any atom is -0.493 e. The highest BCUT2D eigenvalue weighted by Gasteiger charge is 2.12. The van der Waals surface area contributed by atoms with Gasteiger partial charge in [-0.05, 0) is 43.1 Å². The van der Waals surface area contributed by atoms with Gasteiger partial charge in [0.15, 0.2) is 11.5 Å². The van der Waals surface area contributed by atoms with Crippen LogP contribution >= 0.6 is 0 Å². The van der Waals surface area contributed by atoms with Crippen LogP contribution in [0.15, 0.2) is 12.1 Å². The van der Waals surface area contributed by atoms with Crippen LogP contribution in [-0.4, -0.2) is 27.8 Å². The summed E-state index contributed by atoms with van der Waals surface area (Å²) in [5.41, 5.74) is 2.53. The highest BCUT2D eigenvalue weighted by molar-refractivity contribution is 5.48. The molecule has 1 rings (SSSR count). The molecule has 0 aliphatic carbocycles. The molecule has 0 saturated carbocycles. The third kappa shape index (κ3) is 2.67. The molecule has 0 aliphatic heterocycles. The fourth-order valence-electron chi connectivity index (χ4n) is 1.94. The second-order valence-corrected chi connectivity index (χ2v) is 4.02. The van der Waals surface area contributed by atoms with E-state index in [4.69, 9.17) is 9.47 Å². The number of likely N-dealkylation sites (N-methyl/N-ethyl adjacent to an activating group) is 1. The first-order chi connectivity index (χ1) is 7.63. The molecule has 1 N–H and O–H groups in total. The van der Waals surface area contributed by atoms with E-state index in [1.54, 1.807) is 14.2 Å². The van der Waals surface area contributed by atoms with Crippen LogP contribution in [0.2, 0.25) is 0 Å². The van der Waals surface area contributed by atoms with Crippen molar-refractivity contribution in [3.8, 4) is 11.5 Å². The number of rotatable bonds is 5. The SMILES string of the molecule is CNCC(C)c1cc(OC)c(OC)cc1C. The van der Waals surface area contributed by atoms with Crippen molar-refractivity contribution in [2.45, 2.75) is 19.8 Å². The number of ether oxygens (including phenoxy) is 2. The molecule has 0 spiro atoms. The molecular formula is C13H21NO2. The molecular weight excluding hydrogens is 202 g/mol. The lowest BCUT2D eigenvalue weighted by Gasteiger charge is -2.17. The van der Waals surface area contributed by atoms with E-state index in [9.17, 15) is 0 Å². The molecule has 3 heteroatoms. The molecule has 90 valence electrons. The van der Waals surface area contributed by atoms with Gasteiger partial charge in [0.05, 0.1) is 14.2 Å². The maximum absolute atomic E-state index is 5.31. The molecule has 1 aromatic carbocycles. The van der Waals surface area contributed by atoms with Gasteiger partial charge in [-0.15, -0.1) is 0 Å². The van der Waals surface area contributed by atoms with Gasteiger partial charge in [0.25, 0.3) is 0 Å². The summed E-state index contributed by atoms with van der Waals surface area (Å²) in [6.07, 6.45) is 0. The number of hydrogen-bond acceptors (Lipinski definition) is 3. The van der Waals surface area contributed by atoms with E-state index in [0.717, 1.165) is 18.0 Å². The van der Waals surface area contributed by atoms with E-state index in [1.807, 2.05) is 13.1 Å². The van der Waals surface area contributed by atoms with Crippen molar-refractivity contribution in [2.24, 2.45) is 0 Å². The minimum absolute atomic E-state index is 0.463. The Morgan fingerprint density at radius 1 is 1.19 bits per heavy atom. The van der Waals surface area contributed by atoms with Gasteiger partial charge >= 0.3 is 0 Å². The second kappa shape index (κ2) is 5.75. The lowest BCUT2D eigenvalue weighted by Crippen LogP contribution is -2.15. The molecule has 1 unspecified atom stereocenters. The third-order valence-electron chi connectivity index (χ3n) is 2.81. The topological polar surface area (TPSA) is 30.5 Å². The van der Waals surface area contributed by atoms with E-state index in [2.05, 4.69) is 25.2 Å². The molecule has 0 aliphatic rings. The Kier molecular flexibility index (Phi) is 4.62. The average Bonchev–Trinajstić information content (AvgIpc) is 2.28. The number of aryl methyl sites for hydroxylation is 1. The number of hydrogen-bond donors (Lipinski definition) is 1. The predicted molar refractivity (Wildman–Crippen MR) is 66.6 cm³/mol. The highest BCUT2D eigenvalue weighted by atomic mass is 16.5. The van der Waals surface area contributed by atoms with Gasteiger partial charge in [0.1, 0.15) is 0 Å². The van der Waals surface area contributed by atoms with Crippen molar-refractivity contribution in [1.29, 1.82) is 0 Å². The fourth-order valence-corrected chi connectivity index (χ4v) is 1.94. The first-order valence-corrected chi connectivity index (χ1v) is 5.51. The van der Waals surface area contributed by atoms with Crippen LogP contribution in [-0.2, 0) is 0 Å². The summed E-state index contributed by atoms with van der Waals surface area (Å²) >= 11 is 0. The second-order valence-electron chi connectivity index (χ2n) is 4.02.